The number of carbonyl (C=O) groups is 4. The topological polar surface area (TPSA) is 125 Å². The molecule has 0 unspecified atom stereocenters. The summed E-state index contributed by atoms with van der Waals surface area (Å²) in [5.74, 6) is -1.22. The van der Waals surface area contributed by atoms with Crippen LogP contribution in [0.3, 0.4) is 0 Å². The molecule has 1 aliphatic rings. The molecular formula is C17H18N2O7S. The number of primary amides is 1. The second-order valence-electron chi connectivity index (χ2n) is 5.24. The molecule has 1 heterocycles. The summed E-state index contributed by atoms with van der Waals surface area (Å²) < 4.78 is 15.2. The number of amides is 3. The maximum atomic E-state index is 12.4. The van der Waals surface area contributed by atoms with E-state index in [1.807, 2.05) is 0 Å². The van der Waals surface area contributed by atoms with Gasteiger partial charge in [-0.1, -0.05) is 6.07 Å². The van der Waals surface area contributed by atoms with Crippen molar-refractivity contribution in [1.82, 2.24) is 4.90 Å². The zero-order valence-corrected chi connectivity index (χ0v) is 15.5. The van der Waals surface area contributed by atoms with Crippen LogP contribution in [-0.4, -0.2) is 54.8 Å². The highest BCUT2D eigenvalue weighted by Crippen LogP contribution is 2.34. The molecule has 2 rings (SSSR count). The van der Waals surface area contributed by atoms with Crippen LogP contribution in [-0.2, 0) is 19.1 Å². The van der Waals surface area contributed by atoms with Gasteiger partial charge in [0, 0.05) is 0 Å². The fraction of sp³-hybridized carbons (Fsp3) is 0.294. The number of benzene rings is 1. The number of thioether (sulfide) groups is 1. The molecular weight excluding hydrogens is 376 g/mol. The first kappa shape index (κ1) is 20.3. The molecule has 0 atom stereocenters. The van der Waals surface area contributed by atoms with E-state index < -0.39 is 29.6 Å². The van der Waals surface area contributed by atoms with Crippen LogP contribution in [0.15, 0.2) is 23.1 Å². The van der Waals surface area contributed by atoms with Gasteiger partial charge in [-0.2, -0.15) is 0 Å². The van der Waals surface area contributed by atoms with Crippen LogP contribution in [0.25, 0.3) is 6.08 Å². The molecule has 144 valence electrons. The Morgan fingerprint density at radius 2 is 2.00 bits per heavy atom. The molecule has 1 aromatic rings. The summed E-state index contributed by atoms with van der Waals surface area (Å²) in [6.07, 6.45) is 1.50. The molecule has 0 saturated carbocycles. The van der Waals surface area contributed by atoms with Crippen molar-refractivity contribution in [3.8, 4) is 11.5 Å². The van der Waals surface area contributed by atoms with Crippen molar-refractivity contribution < 1.29 is 33.4 Å². The largest absolute Gasteiger partial charge is 0.493 e. The molecule has 0 aromatic heterocycles. The predicted molar refractivity (Wildman–Crippen MR) is 97.0 cm³/mol. The van der Waals surface area contributed by atoms with Crippen molar-refractivity contribution in [1.29, 1.82) is 0 Å². The van der Waals surface area contributed by atoms with Crippen molar-refractivity contribution in [2.75, 3.05) is 26.9 Å². The first-order valence-corrected chi connectivity index (χ1v) is 8.67. The van der Waals surface area contributed by atoms with Gasteiger partial charge >= 0.3 is 5.97 Å². The van der Waals surface area contributed by atoms with Crippen molar-refractivity contribution in [3.05, 3.63) is 28.7 Å². The highest BCUT2D eigenvalue weighted by Gasteiger charge is 2.36. The van der Waals surface area contributed by atoms with Crippen LogP contribution in [0.2, 0.25) is 0 Å². The van der Waals surface area contributed by atoms with Gasteiger partial charge in [0.25, 0.3) is 17.1 Å². The van der Waals surface area contributed by atoms with Crippen molar-refractivity contribution in [2.45, 2.75) is 6.92 Å². The highest BCUT2D eigenvalue weighted by atomic mass is 32.2. The summed E-state index contributed by atoms with van der Waals surface area (Å²) in [5, 5.41) is -0.548. The maximum Gasteiger partial charge on any atom is 0.326 e. The van der Waals surface area contributed by atoms with E-state index in [4.69, 9.17) is 19.9 Å². The van der Waals surface area contributed by atoms with Gasteiger partial charge in [0.05, 0.1) is 18.6 Å². The van der Waals surface area contributed by atoms with Crippen molar-refractivity contribution in [3.63, 3.8) is 0 Å². The van der Waals surface area contributed by atoms with Gasteiger partial charge < -0.3 is 19.9 Å². The van der Waals surface area contributed by atoms with Crippen LogP contribution < -0.4 is 15.2 Å². The Morgan fingerprint density at radius 3 is 2.63 bits per heavy atom. The molecule has 2 N–H and O–H groups in total. The number of nitrogens with zero attached hydrogens (tertiary/aromatic N) is 1. The Morgan fingerprint density at radius 1 is 1.26 bits per heavy atom. The fourth-order valence-electron chi connectivity index (χ4n) is 2.17. The molecule has 9 nitrogen and oxygen atoms in total. The summed E-state index contributed by atoms with van der Waals surface area (Å²) in [5.41, 5.74) is 5.61. The number of ether oxygens (including phenoxy) is 3. The molecule has 1 aromatic carbocycles. The van der Waals surface area contributed by atoms with E-state index in [0.29, 0.717) is 17.1 Å². The molecule has 1 saturated heterocycles. The maximum absolute atomic E-state index is 12.4. The van der Waals surface area contributed by atoms with Crippen LogP contribution >= 0.6 is 11.8 Å². The molecule has 1 fully saturated rings. The smallest absolute Gasteiger partial charge is 0.326 e. The molecule has 1 aliphatic heterocycles. The lowest BCUT2D eigenvalue weighted by atomic mass is 10.2. The number of nitrogens with two attached hydrogens (primary N) is 1. The number of hydrogen-bond acceptors (Lipinski definition) is 8. The van der Waals surface area contributed by atoms with E-state index >= 15 is 0 Å². The van der Waals surface area contributed by atoms with Crippen LogP contribution in [0, 0.1) is 0 Å². The number of methoxy groups -OCH3 is 1. The lowest BCUT2D eigenvalue weighted by molar-refractivity contribution is -0.146. The SMILES string of the molecule is CCOC(=O)CN1C(=O)SC(=Cc2ccc(OCC(N)=O)c(OC)c2)C1=O. The van der Waals surface area contributed by atoms with E-state index in [9.17, 15) is 19.2 Å². The highest BCUT2D eigenvalue weighted by molar-refractivity contribution is 8.18. The monoisotopic (exact) mass is 394 g/mol. The molecule has 3 amide bonds. The predicted octanol–water partition coefficient (Wildman–Crippen LogP) is 1.16. The van der Waals surface area contributed by atoms with Gasteiger partial charge in [0.1, 0.15) is 6.54 Å². The van der Waals surface area contributed by atoms with Crippen LogP contribution in [0.5, 0.6) is 11.5 Å². The number of rotatable bonds is 8. The zero-order valence-electron chi connectivity index (χ0n) is 14.7. The molecule has 0 radical (unpaired) electrons. The summed E-state index contributed by atoms with van der Waals surface area (Å²) >= 11 is 0.726. The van der Waals surface area contributed by atoms with Crippen LogP contribution in [0.4, 0.5) is 4.79 Å². The van der Waals surface area contributed by atoms with Crippen LogP contribution in [0.1, 0.15) is 12.5 Å². The standard InChI is InChI=1S/C17H18N2O7S/c1-3-25-15(21)8-19-16(22)13(27-17(19)23)7-10-4-5-11(12(6-10)24-2)26-9-14(18)20/h4-7H,3,8-9H2,1-2H3,(H2,18,20). The van der Waals surface area contributed by atoms with E-state index in [2.05, 4.69) is 0 Å². The molecule has 27 heavy (non-hydrogen) atoms. The lowest BCUT2D eigenvalue weighted by Gasteiger charge is -2.11. The second-order valence-corrected chi connectivity index (χ2v) is 6.23. The van der Waals surface area contributed by atoms with Gasteiger partial charge in [0.15, 0.2) is 18.1 Å². The Bertz CT molecular complexity index is 806. The first-order valence-electron chi connectivity index (χ1n) is 7.85. The number of esters is 1. The minimum absolute atomic E-state index is 0.162. The third-order valence-electron chi connectivity index (χ3n) is 3.32. The average Bonchev–Trinajstić information content (AvgIpc) is 2.88. The third-order valence-corrected chi connectivity index (χ3v) is 4.23. The third kappa shape index (κ3) is 5.23. The Labute approximate surface area is 159 Å². The van der Waals surface area contributed by atoms with Gasteiger partial charge in [-0.05, 0) is 42.5 Å². The minimum Gasteiger partial charge on any atom is -0.493 e. The summed E-state index contributed by atoms with van der Waals surface area (Å²) in [6.45, 7) is 1.06. The van der Waals surface area contributed by atoms with E-state index in [-0.39, 0.29) is 18.1 Å². The summed E-state index contributed by atoms with van der Waals surface area (Å²) in [4.78, 5) is 47.7. The number of imide groups is 1. The Kier molecular flexibility index (Phi) is 6.83. The number of carbonyl (C=O) groups excluding carboxylic acids is 4. The molecule has 0 aliphatic carbocycles. The lowest BCUT2D eigenvalue weighted by Crippen LogP contribution is -2.34. The second kappa shape index (κ2) is 9.08. The minimum atomic E-state index is -0.654. The molecule has 0 bridgehead atoms. The molecule has 0 spiro atoms. The number of hydrogen-bond donors (Lipinski definition) is 1. The van der Waals surface area contributed by atoms with Gasteiger partial charge in [-0.25, -0.2) is 0 Å². The summed E-state index contributed by atoms with van der Waals surface area (Å²) in [6, 6.07) is 4.75. The quantitative estimate of drug-likeness (QED) is 0.514. The van der Waals surface area contributed by atoms with Gasteiger partial charge in [-0.3, -0.25) is 24.1 Å². The van der Waals surface area contributed by atoms with Crippen molar-refractivity contribution in [2.24, 2.45) is 5.73 Å². The Balaban J connectivity index is 2.18. The van der Waals surface area contributed by atoms with E-state index in [0.717, 1.165) is 16.7 Å². The van der Waals surface area contributed by atoms with E-state index in [1.165, 1.54) is 13.2 Å². The first-order chi connectivity index (χ1) is 12.8. The fourth-order valence-corrected chi connectivity index (χ4v) is 3.00. The van der Waals surface area contributed by atoms with Gasteiger partial charge in [0.2, 0.25) is 0 Å². The average molecular weight is 394 g/mol. The zero-order chi connectivity index (χ0) is 20.0. The molecule has 10 heteroatoms. The summed E-state index contributed by atoms with van der Waals surface area (Å²) in [7, 11) is 1.42. The normalized spacial score (nSPS) is 15.2. The van der Waals surface area contributed by atoms with E-state index in [1.54, 1.807) is 25.1 Å². The van der Waals surface area contributed by atoms with Crippen molar-refractivity contribution >= 4 is 40.9 Å². The van der Waals surface area contributed by atoms with Gasteiger partial charge in [-0.15, -0.1) is 0 Å². The Hall–Kier alpha value is -3.01.